The molecule has 1 aromatic carbocycles. The molecular formula is C13H11F3N2O2. The Morgan fingerprint density at radius 3 is 2.50 bits per heavy atom. The Morgan fingerprint density at radius 1 is 1.30 bits per heavy atom. The first kappa shape index (κ1) is 14.1. The maximum absolute atomic E-state index is 12.6. The molecule has 7 heteroatoms. The number of hydrogen-bond donors (Lipinski definition) is 1. The largest absolute Gasteiger partial charge is 0.456 e. The van der Waals surface area contributed by atoms with Crippen LogP contribution in [-0.4, -0.2) is 16.2 Å². The van der Waals surface area contributed by atoms with Gasteiger partial charge in [0, 0.05) is 5.56 Å². The maximum Gasteiger partial charge on any atom is 0.433 e. The number of ether oxygens (including phenoxy) is 1. The van der Waals surface area contributed by atoms with Crippen LogP contribution in [0.1, 0.15) is 27.3 Å². The Bertz CT molecular complexity index is 606. The van der Waals surface area contributed by atoms with Gasteiger partial charge < -0.3 is 4.74 Å². The first-order valence-electron chi connectivity index (χ1n) is 5.73. The van der Waals surface area contributed by atoms with Crippen molar-refractivity contribution in [3.8, 4) is 0 Å². The second-order valence-electron chi connectivity index (χ2n) is 4.13. The van der Waals surface area contributed by atoms with E-state index in [9.17, 15) is 18.0 Å². The number of rotatable bonds is 3. The van der Waals surface area contributed by atoms with Crippen LogP contribution in [-0.2, 0) is 17.5 Å². The van der Waals surface area contributed by atoms with Crippen molar-refractivity contribution < 1.29 is 22.7 Å². The molecule has 2 rings (SSSR count). The zero-order chi connectivity index (χ0) is 14.8. The van der Waals surface area contributed by atoms with E-state index < -0.39 is 17.8 Å². The third-order valence-electron chi connectivity index (χ3n) is 2.70. The highest BCUT2D eigenvalue weighted by atomic mass is 19.4. The minimum atomic E-state index is -4.57. The summed E-state index contributed by atoms with van der Waals surface area (Å²) in [5, 5.41) is 5.19. The van der Waals surface area contributed by atoms with E-state index in [1.165, 1.54) is 6.92 Å². The van der Waals surface area contributed by atoms with Crippen molar-refractivity contribution in [3.63, 3.8) is 0 Å². The van der Waals surface area contributed by atoms with E-state index in [1.54, 1.807) is 30.3 Å². The van der Waals surface area contributed by atoms with E-state index in [0.29, 0.717) is 0 Å². The molecule has 1 aromatic heterocycles. The van der Waals surface area contributed by atoms with Gasteiger partial charge in [0.1, 0.15) is 12.3 Å². The topological polar surface area (TPSA) is 55.0 Å². The van der Waals surface area contributed by atoms with E-state index in [1.807, 2.05) is 5.10 Å². The van der Waals surface area contributed by atoms with Crippen molar-refractivity contribution in [1.29, 1.82) is 0 Å². The number of hydrogen-bond acceptors (Lipinski definition) is 3. The number of esters is 1. The molecule has 2 aromatic rings. The molecule has 0 unspecified atom stereocenters. The van der Waals surface area contributed by atoms with E-state index >= 15 is 0 Å². The highest BCUT2D eigenvalue weighted by Gasteiger charge is 2.37. The molecule has 0 saturated heterocycles. The molecule has 106 valence electrons. The molecule has 1 N–H and O–H groups in total. The Labute approximate surface area is 112 Å². The van der Waals surface area contributed by atoms with Gasteiger partial charge in [-0.25, -0.2) is 4.79 Å². The summed E-state index contributed by atoms with van der Waals surface area (Å²) in [5.74, 6) is -0.891. The second-order valence-corrected chi connectivity index (χ2v) is 4.13. The molecule has 0 saturated carbocycles. The highest BCUT2D eigenvalue weighted by Crippen LogP contribution is 2.31. The fraction of sp³-hybridized carbons (Fsp3) is 0.231. The number of alkyl halides is 3. The summed E-state index contributed by atoms with van der Waals surface area (Å²) in [5.41, 5.74) is -0.918. The molecule has 1 heterocycles. The molecule has 0 aliphatic heterocycles. The number of benzene rings is 1. The Kier molecular flexibility index (Phi) is 3.78. The Hall–Kier alpha value is -2.31. The van der Waals surface area contributed by atoms with Crippen LogP contribution < -0.4 is 0 Å². The summed E-state index contributed by atoms with van der Waals surface area (Å²) in [6.07, 6.45) is -4.57. The molecule has 0 aliphatic carbocycles. The lowest BCUT2D eigenvalue weighted by Crippen LogP contribution is -2.10. The van der Waals surface area contributed by atoms with Crippen LogP contribution >= 0.6 is 0 Å². The monoisotopic (exact) mass is 284 g/mol. The molecule has 0 aliphatic rings. The minimum absolute atomic E-state index is 0.0205. The molecule has 0 fully saturated rings. The highest BCUT2D eigenvalue weighted by molar-refractivity contribution is 5.89. The lowest BCUT2D eigenvalue weighted by molar-refractivity contribution is -0.141. The van der Waals surface area contributed by atoms with Gasteiger partial charge in [0.05, 0.1) is 0 Å². The van der Waals surface area contributed by atoms with Gasteiger partial charge >= 0.3 is 12.1 Å². The summed E-state index contributed by atoms with van der Waals surface area (Å²) in [4.78, 5) is 11.7. The van der Waals surface area contributed by atoms with Crippen LogP contribution in [0.15, 0.2) is 30.3 Å². The molecular weight excluding hydrogens is 273 g/mol. The number of nitrogens with zero attached hydrogens (tertiary/aromatic N) is 1. The third-order valence-corrected chi connectivity index (χ3v) is 2.70. The van der Waals surface area contributed by atoms with E-state index in [-0.39, 0.29) is 17.9 Å². The fourth-order valence-electron chi connectivity index (χ4n) is 1.66. The average Bonchev–Trinajstić information content (AvgIpc) is 2.79. The second kappa shape index (κ2) is 5.36. The predicted octanol–water partition coefficient (Wildman–Crippen LogP) is 3.09. The van der Waals surface area contributed by atoms with Gasteiger partial charge in [0.2, 0.25) is 0 Å². The van der Waals surface area contributed by atoms with E-state index in [4.69, 9.17) is 4.74 Å². The fourth-order valence-corrected chi connectivity index (χ4v) is 1.66. The van der Waals surface area contributed by atoms with Crippen molar-refractivity contribution in [3.05, 3.63) is 52.8 Å². The van der Waals surface area contributed by atoms with Crippen LogP contribution in [0.3, 0.4) is 0 Å². The molecule has 0 amide bonds. The van der Waals surface area contributed by atoms with Gasteiger partial charge in [-0.15, -0.1) is 0 Å². The lowest BCUT2D eigenvalue weighted by Gasteiger charge is -2.05. The maximum atomic E-state index is 12.6. The number of aromatic nitrogens is 2. The molecule has 0 atom stereocenters. The normalized spacial score (nSPS) is 11.4. The Morgan fingerprint density at radius 2 is 1.95 bits per heavy atom. The van der Waals surface area contributed by atoms with Crippen LogP contribution in [0.2, 0.25) is 0 Å². The predicted molar refractivity (Wildman–Crippen MR) is 63.9 cm³/mol. The SMILES string of the molecule is Cc1c(C(=O)OCc2ccccc2)n[nH]c1C(F)(F)F. The van der Waals surface area contributed by atoms with Gasteiger partial charge in [-0.05, 0) is 12.5 Å². The molecule has 0 bridgehead atoms. The first-order chi connectivity index (χ1) is 9.39. The quantitative estimate of drug-likeness (QED) is 0.881. The van der Waals surface area contributed by atoms with Crippen molar-refractivity contribution in [2.24, 2.45) is 0 Å². The summed E-state index contributed by atoms with van der Waals surface area (Å²) in [6.45, 7) is 1.15. The number of carbonyl (C=O) groups excluding carboxylic acids is 1. The lowest BCUT2D eigenvalue weighted by atomic mass is 10.2. The molecule has 4 nitrogen and oxygen atoms in total. The Balaban J connectivity index is 2.09. The van der Waals surface area contributed by atoms with Crippen LogP contribution in [0.25, 0.3) is 0 Å². The summed E-state index contributed by atoms with van der Waals surface area (Å²) in [7, 11) is 0. The van der Waals surface area contributed by atoms with Crippen LogP contribution in [0, 0.1) is 6.92 Å². The summed E-state index contributed by atoms with van der Waals surface area (Å²) in [6, 6.07) is 8.83. The summed E-state index contributed by atoms with van der Waals surface area (Å²) < 4.78 is 42.6. The molecule has 20 heavy (non-hydrogen) atoms. The van der Waals surface area contributed by atoms with Gasteiger partial charge in [-0.1, -0.05) is 30.3 Å². The van der Waals surface area contributed by atoms with Gasteiger partial charge in [-0.3, -0.25) is 5.10 Å². The number of aromatic amines is 1. The standard InChI is InChI=1S/C13H11F3N2O2/c1-8-10(17-18-11(8)13(14,15)16)12(19)20-7-9-5-3-2-4-6-9/h2-6H,7H2,1H3,(H,17,18). The van der Waals surface area contributed by atoms with Crippen LogP contribution in [0.4, 0.5) is 13.2 Å². The first-order valence-corrected chi connectivity index (χ1v) is 5.73. The third kappa shape index (κ3) is 2.98. The van der Waals surface area contributed by atoms with Gasteiger partial charge in [0.15, 0.2) is 5.69 Å². The summed E-state index contributed by atoms with van der Waals surface area (Å²) >= 11 is 0. The smallest absolute Gasteiger partial charge is 0.433 e. The molecule has 0 spiro atoms. The molecule has 0 radical (unpaired) electrons. The zero-order valence-electron chi connectivity index (χ0n) is 10.5. The number of halogens is 3. The van der Waals surface area contributed by atoms with E-state index in [0.717, 1.165) is 5.56 Å². The van der Waals surface area contributed by atoms with Crippen molar-refractivity contribution in [2.45, 2.75) is 19.7 Å². The number of H-pyrrole nitrogens is 1. The number of nitrogens with one attached hydrogen (secondary N) is 1. The average molecular weight is 284 g/mol. The van der Waals surface area contributed by atoms with Crippen molar-refractivity contribution >= 4 is 5.97 Å². The van der Waals surface area contributed by atoms with Crippen molar-refractivity contribution in [2.75, 3.05) is 0 Å². The zero-order valence-corrected chi connectivity index (χ0v) is 10.5. The van der Waals surface area contributed by atoms with E-state index in [2.05, 4.69) is 5.10 Å². The van der Waals surface area contributed by atoms with Crippen LogP contribution in [0.5, 0.6) is 0 Å². The van der Waals surface area contributed by atoms with Gasteiger partial charge in [0.25, 0.3) is 0 Å². The van der Waals surface area contributed by atoms with Gasteiger partial charge in [-0.2, -0.15) is 18.3 Å². The minimum Gasteiger partial charge on any atom is -0.456 e. The van der Waals surface area contributed by atoms with Crippen molar-refractivity contribution in [1.82, 2.24) is 10.2 Å². The number of carbonyl (C=O) groups is 1.